The van der Waals surface area contributed by atoms with E-state index in [2.05, 4.69) is 61.2 Å². The van der Waals surface area contributed by atoms with Gasteiger partial charge in [-0.1, -0.05) is 55.3 Å². The fourth-order valence-corrected chi connectivity index (χ4v) is 3.24. The molecule has 0 N–H and O–H groups in total. The fourth-order valence-electron chi connectivity index (χ4n) is 3.24. The Hall–Kier alpha value is -2.29. The van der Waals surface area contributed by atoms with Crippen LogP contribution in [0.3, 0.4) is 0 Å². The van der Waals surface area contributed by atoms with Crippen molar-refractivity contribution < 1.29 is 9.53 Å². The second-order valence-electron chi connectivity index (χ2n) is 6.46. The van der Waals surface area contributed by atoms with Crippen LogP contribution in [0.1, 0.15) is 48.9 Å². The van der Waals surface area contributed by atoms with Gasteiger partial charge in [0.2, 0.25) is 0 Å². The second kappa shape index (κ2) is 7.52. The van der Waals surface area contributed by atoms with E-state index in [-0.39, 0.29) is 12.0 Å². The highest BCUT2D eigenvalue weighted by atomic mass is 16.5. The lowest BCUT2D eigenvalue weighted by Gasteiger charge is -2.27. The fraction of sp³-hybridized carbons (Fsp3) is 0.381. The van der Waals surface area contributed by atoms with Crippen LogP contribution >= 0.6 is 0 Å². The van der Waals surface area contributed by atoms with Crippen molar-refractivity contribution in [3.8, 4) is 0 Å². The first-order chi connectivity index (χ1) is 11.7. The number of rotatable bonds is 6. The molecular formula is C21H25NO2. The van der Waals surface area contributed by atoms with Crippen LogP contribution in [0.4, 0.5) is 5.69 Å². The largest absolute Gasteiger partial charge is 0.466 e. The summed E-state index contributed by atoms with van der Waals surface area (Å²) in [6, 6.07) is 17.0. The number of carbonyl (C=O) groups excluding carboxylic acids is 1. The lowest BCUT2D eigenvalue weighted by molar-refractivity contribution is -0.144. The van der Waals surface area contributed by atoms with Crippen molar-refractivity contribution in [1.29, 1.82) is 0 Å². The van der Waals surface area contributed by atoms with E-state index < -0.39 is 0 Å². The van der Waals surface area contributed by atoms with Crippen LogP contribution in [0.2, 0.25) is 0 Å². The summed E-state index contributed by atoms with van der Waals surface area (Å²) in [5, 5.41) is 0. The van der Waals surface area contributed by atoms with Crippen molar-refractivity contribution in [2.45, 2.75) is 45.7 Å². The van der Waals surface area contributed by atoms with E-state index >= 15 is 0 Å². The zero-order valence-electron chi connectivity index (χ0n) is 14.5. The molecule has 0 bridgehead atoms. The van der Waals surface area contributed by atoms with Gasteiger partial charge >= 0.3 is 5.97 Å². The smallest absolute Gasteiger partial charge is 0.308 e. The third-order valence-corrected chi connectivity index (χ3v) is 4.62. The molecule has 0 amide bonds. The van der Waals surface area contributed by atoms with E-state index in [4.69, 9.17) is 4.74 Å². The molecule has 0 aliphatic carbocycles. The van der Waals surface area contributed by atoms with Gasteiger partial charge in [-0.25, -0.2) is 0 Å². The lowest BCUT2D eigenvalue weighted by Crippen LogP contribution is -2.24. The van der Waals surface area contributed by atoms with Crippen LogP contribution in [0, 0.1) is 6.92 Å². The summed E-state index contributed by atoms with van der Waals surface area (Å²) in [6.07, 6.45) is 2.36. The van der Waals surface area contributed by atoms with Crippen molar-refractivity contribution in [2.24, 2.45) is 0 Å². The average molecular weight is 323 g/mol. The summed E-state index contributed by atoms with van der Waals surface area (Å²) in [6.45, 7) is 5.55. The van der Waals surface area contributed by atoms with E-state index in [0.717, 1.165) is 25.1 Å². The van der Waals surface area contributed by atoms with Crippen LogP contribution in [-0.4, -0.2) is 12.6 Å². The molecule has 0 fully saturated rings. The van der Waals surface area contributed by atoms with Gasteiger partial charge in [0.1, 0.15) is 0 Å². The van der Waals surface area contributed by atoms with Crippen LogP contribution < -0.4 is 4.90 Å². The lowest BCUT2D eigenvalue weighted by atomic mass is 10.0. The van der Waals surface area contributed by atoms with Crippen molar-refractivity contribution in [2.75, 3.05) is 11.5 Å². The number of nitrogens with zero attached hydrogens (tertiary/aromatic N) is 1. The Morgan fingerprint density at radius 3 is 2.67 bits per heavy atom. The van der Waals surface area contributed by atoms with E-state index in [0.29, 0.717) is 13.0 Å². The number of aryl methyl sites for hydroxylation is 1. The maximum Gasteiger partial charge on any atom is 0.308 e. The minimum absolute atomic E-state index is 0.0537. The molecule has 2 aromatic carbocycles. The Morgan fingerprint density at radius 1 is 1.17 bits per heavy atom. The van der Waals surface area contributed by atoms with Crippen LogP contribution in [0.15, 0.2) is 48.5 Å². The number of hydrogen-bond acceptors (Lipinski definition) is 3. The molecule has 0 aromatic heterocycles. The zero-order chi connectivity index (χ0) is 16.9. The maximum absolute atomic E-state index is 12.3. The number of unbranched alkanes of at least 4 members (excludes halogenated alkanes) is 1. The maximum atomic E-state index is 12.3. The number of carbonyl (C=O) groups is 1. The molecule has 1 heterocycles. The van der Waals surface area contributed by atoms with Gasteiger partial charge < -0.3 is 9.64 Å². The molecular weight excluding hydrogens is 298 g/mol. The standard InChI is InChI=1S/C21H25NO2/c1-3-4-13-24-21(23)14-20-19-8-6-5-7-17(19)15-22(20)18-11-9-16(2)10-12-18/h5-12,20H,3-4,13-15H2,1-2H3. The first kappa shape index (κ1) is 16.6. The van der Waals surface area contributed by atoms with Crippen LogP contribution in [-0.2, 0) is 16.1 Å². The molecule has 3 heteroatoms. The highest BCUT2D eigenvalue weighted by Crippen LogP contribution is 2.39. The molecule has 0 radical (unpaired) electrons. The van der Waals surface area contributed by atoms with Crippen LogP contribution in [0.25, 0.3) is 0 Å². The number of anilines is 1. The van der Waals surface area contributed by atoms with E-state index in [1.165, 1.54) is 16.7 Å². The molecule has 1 aliphatic heterocycles. The normalized spacial score (nSPS) is 16.1. The summed E-state index contributed by atoms with van der Waals surface area (Å²) < 4.78 is 5.40. The molecule has 0 saturated carbocycles. The molecule has 1 unspecified atom stereocenters. The van der Waals surface area contributed by atoms with Gasteiger partial charge in [-0.3, -0.25) is 4.79 Å². The Labute approximate surface area is 144 Å². The Bertz CT molecular complexity index is 693. The van der Waals surface area contributed by atoms with E-state index in [1.807, 2.05) is 6.07 Å². The van der Waals surface area contributed by atoms with E-state index in [1.54, 1.807) is 0 Å². The van der Waals surface area contributed by atoms with E-state index in [9.17, 15) is 4.79 Å². The first-order valence-electron chi connectivity index (χ1n) is 8.75. The van der Waals surface area contributed by atoms with Gasteiger partial charge in [-0.05, 0) is 36.6 Å². The van der Waals surface area contributed by atoms with Crippen molar-refractivity contribution in [3.63, 3.8) is 0 Å². The van der Waals surface area contributed by atoms with Gasteiger partial charge in [0.15, 0.2) is 0 Å². The minimum atomic E-state index is -0.109. The molecule has 3 nitrogen and oxygen atoms in total. The highest BCUT2D eigenvalue weighted by Gasteiger charge is 2.32. The molecule has 2 aromatic rings. The molecule has 24 heavy (non-hydrogen) atoms. The number of hydrogen-bond donors (Lipinski definition) is 0. The Morgan fingerprint density at radius 2 is 1.92 bits per heavy atom. The van der Waals surface area contributed by atoms with Crippen molar-refractivity contribution in [1.82, 2.24) is 0 Å². The zero-order valence-corrected chi connectivity index (χ0v) is 14.5. The average Bonchev–Trinajstić information content (AvgIpc) is 2.94. The second-order valence-corrected chi connectivity index (χ2v) is 6.46. The van der Waals surface area contributed by atoms with Gasteiger partial charge in [0.05, 0.1) is 19.1 Å². The summed E-state index contributed by atoms with van der Waals surface area (Å²) in [7, 11) is 0. The first-order valence-corrected chi connectivity index (χ1v) is 8.75. The molecule has 0 saturated heterocycles. The molecule has 3 rings (SSSR count). The van der Waals surface area contributed by atoms with Gasteiger partial charge in [-0.15, -0.1) is 0 Å². The Balaban J connectivity index is 1.80. The number of fused-ring (bicyclic) bond motifs is 1. The predicted octanol–water partition coefficient (Wildman–Crippen LogP) is 4.79. The SMILES string of the molecule is CCCCOC(=O)CC1c2ccccc2CN1c1ccc(C)cc1. The monoisotopic (exact) mass is 323 g/mol. The van der Waals surface area contributed by atoms with Gasteiger partial charge in [0.25, 0.3) is 0 Å². The molecule has 1 atom stereocenters. The third-order valence-electron chi connectivity index (χ3n) is 4.62. The highest BCUT2D eigenvalue weighted by molar-refractivity contribution is 5.72. The number of ether oxygens (including phenoxy) is 1. The summed E-state index contributed by atoms with van der Waals surface area (Å²) in [5.41, 5.74) is 4.93. The third kappa shape index (κ3) is 3.61. The molecule has 0 spiro atoms. The topological polar surface area (TPSA) is 29.5 Å². The molecule has 1 aliphatic rings. The predicted molar refractivity (Wildman–Crippen MR) is 97.0 cm³/mol. The van der Waals surface area contributed by atoms with Crippen molar-refractivity contribution >= 4 is 11.7 Å². The molecule has 126 valence electrons. The summed E-state index contributed by atoms with van der Waals surface area (Å²) >= 11 is 0. The van der Waals surface area contributed by atoms with Crippen molar-refractivity contribution in [3.05, 3.63) is 65.2 Å². The number of benzene rings is 2. The van der Waals surface area contributed by atoms with Crippen LogP contribution in [0.5, 0.6) is 0 Å². The quantitative estimate of drug-likeness (QED) is 0.565. The van der Waals surface area contributed by atoms with Gasteiger partial charge in [-0.2, -0.15) is 0 Å². The summed E-state index contributed by atoms with van der Waals surface area (Å²) in [5.74, 6) is -0.109. The Kier molecular flexibility index (Phi) is 5.19. The number of esters is 1. The van der Waals surface area contributed by atoms with Gasteiger partial charge in [0, 0.05) is 12.2 Å². The summed E-state index contributed by atoms with van der Waals surface area (Å²) in [4.78, 5) is 14.6. The minimum Gasteiger partial charge on any atom is -0.466 e.